The number of hydrogen-bond donors (Lipinski definition) is 2. The van der Waals surface area contributed by atoms with Gasteiger partial charge in [-0.15, -0.1) is 0 Å². The molecule has 22 heavy (non-hydrogen) atoms. The maximum atomic E-state index is 12.6. The summed E-state index contributed by atoms with van der Waals surface area (Å²) in [6.07, 6.45) is 0. The van der Waals surface area contributed by atoms with E-state index in [2.05, 4.69) is 5.32 Å². The lowest BCUT2D eigenvalue weighted by Crippen LogP contribution is -2.21. The summed E-state index contributed by atoms with van der Waals surface area (Å²) in [5.41, 5.74) is 5.60. The fraction of sp³-hybridized carbons (Fsp3) is 0.133. The summed E-state index contributed by atoms with van der Waals surface area (Å²) in [5.74, 6) is 0.0598. The molecule has 0 atom stereocenters. The number of carbonyl (C=O) groups is 1. The molecule has 2 rings (SSSR count). The van der Waals surface area contributed by atoms with Crippen LogP contribution in [-0.2, 0) is 14.6 Å². The largest absolute Gasteiger partial charge is 0.497 e. The Morgan fingerprint density at radius 1 is 1.14 bits per heavy atom. The van der Waals surface area contributed by atoms with Crippen molar-refractivity contribution in [2.45, 2.75) is 9.79 Å². The predicted molar refractivity (Wildman–Crippen MR) is 82.6 cm³/mol. The number of nitrogens with one attached hydrogen (secondary N) is 1. The molecule has 0 aliphatic heterocycles. The van der Waals surface area contributed by atoms with E-state index in [0.717, 1.165) is 0 Å². The number of methoxy groups -OCH3 is 1. The molecule has 0 aliphatic rings. The SMILES string of the molecule is COc1cccc(S(=O)(=O)c2cccc(NC(=O)CN)c2)c1. The molecule has 2 aromatic rings. The topological polar surface area (TPSA) is 98.5 Å². The molecule has 0 radical (unpaired) electrons. The van der Waals surface area contributed by atoms with Crippen LogP contribution in [-0.4, -0.2) is 28.0 Å². The number of sulfone groups is 1. The fourth-order valence-corrected chi connectivity index (χ4v) is 3.20. The van der Waals surface area contributed by atoms with E-state index in [0.29, 0.717) is 11.4 Å². The number of anilines is 1. The summed E-state index contributed by atoms with van der Waals surface area (Å²) in [5, 5.41) is 2.53. The molecule has 0 unspecified atom stereocenters. The first-order valence-corrected chi connectivity index (χ1v) is 7.95. The van der Waals surface area contributed by atoms with Gasteiger partial charge in [-0.1, -0.05) is 12.1 Å². The smallest absolute Gasteiger partial charge is 0.238 e. The van der Waals surface area contributed by atoms with E-state index < -0.39 is 15.7 Å². The van der Waals surface area contributed by atoms with E-state index in [9.17, 15) is 13.2 Å². The van der Waals surface area contributed by atoms with Gasteiger partial charge in [-0.25, -0.2) is 8.42 Å². The van der Waals surface area contributed by atoms with E-state index in [-0.39, 0.29) is 16.3 Å². The Morgan fingerprint density at radius 3 is 2.41 bits per heavy atom. The van der Waals surface area contributed by atoms with Crippen LogP contribution in [0.15, 0.2) is 58.3 Å². The number of nitrogens with two attached hydrogens (primary N) is 1. The zero-order valence-electron chi connectivity index (χ0n) is 11.9. The van der Waals surface area contributed by atoms with Gasteiger partial charge in [0.15, 0.2) is 0 Å². The lowest BCUT2D eigenvalue weighted by molar-refractivity contribution is -0.114. The molecule has 0 heterocycles. The molecule has 0 spiro atoms. The molecule has 6 nitrogen and oxygen atoms in total. The van der Waals surface area contributed by atoms with Crippen LogP contribution >= 0.6 is 0 Å². The van der Waals surface area contributed by atoms with Crippen molar-refractivity contribution in [1.82, 2.24) is 0 Å². The predicted octanol–water partition coefficient (Wildman–Crippen LogP) is 1.43. The van der Waals surface area contributed by atoms with Crippen molar-refractivity contribution in [2.24, 2.45) is 5.73 Å². The van der Waals surface area contributed by atoms with E-state index in [4.69, 9.17) is 10.5 Å². The normalized spacial score (nSPS) is 11.0. The molecule has 0 aliphatic carbocycles. The van der Waals surface area contributed by atoms with Crippen molar-refractivity contribution in [2.75, 3.05) is 19.0 Å². The average molecular weight is 320 g/mol. The first kappa shape index (κ1) is 16.0. The summed E-state index contributed by atoms with van der Waals surface area (Å²) in [6, 6.07) is 12.2. The molecule has 116 valence electrons. The van der Waals surface area contributed by atoms with E-state index in [1.165, 1.54) is 31.4 Å². The maximum Gasteiger partial charge on any atom is 0.238 e. The maximum absolute atomic E-state index is 12.6. The highest BCUT2D eigenvalue weighted by atomic mass is 32.2. The lowest BCUT2D eigenvalue weighted by Gasteiger charge is -2.09. The van der Waals surface area contributed by atoms with Crippen LogP contribution < -0.4 is 15.8 Å². The lowest BCUT2D eigenvalue weighted by atomic mass is 10.3. The standard InChI is InChI=1S/C15H16N2O4S/c1-21-12-5-3-7-14(9-12)22(19,20)13-6-2-4-11(8-13)17-15(18)10-16/h2-9H,10,16H2,1H3,(H,17,18). The van der Waals surface area contributed by atoms with E-state index in [1.54, 1.807) is 24.3 Å². The zero-order valence-corrected chi connectivity index (χ0v) is 12.8. The van der Waals surface area contributed by atoms with Crippen molar-refractivity contribution in [1.29, 1.82) is 0 Å². The highest BCUT2D eigenvalue weighted by molar-refractivity contribution is 7.91. The Morgan fingerprint density at radius 2 is 1.77 bits per heavy atom. The highest BCUT2D eigenvalue weighted by Gasteiger charge is 2.18. The van der Waals surface area contributed by atoms with Gasteiger partial charge in [0.25, 0.3) is 0 Å². The van der Waals surface area contributed by atoms with Gasteiger partial charge in [0.1, 0.15) is 5.75 Å². The second kappa shape index (κ2) is 6.59. The Hall–Kier alpha value is -2.38. The number of rotatable bonds is 5. The van der Waals surface area contributed by atoms with Crippen LogP contribution in [0.5, 0.6) is 5.75 Å². The minimum Gasteiger partial charge on any atom is -0.497 e. The molecule has 0 fully saturated rings. The van der Waals surface area contributed by atoms with Crippen molar-refractivity contribution >= 4 is 21.4 Å². The highest BCUT2D eigenvalue weighted by Crippen LogP contribution is 2.25. The number of benzene rings is 2. The first-order chi connectivity index (χ1) is 10.5. The molecule has 3 N–H and O–H groups in total. The quantitative estimate of drug-likeness (QED) is 0.868. The van der Waals surface area contributed by atoms with Crippen molar-refractivity contribution in [3.8, 4) is 5.75 Å². The third kappa shape index (κ3) is 3.44. The fourth-order valence-electron chi connectivity index (χ4n) is 1.86. The molecular formula is C15H16N2O4S. The third-order valence-corrected chi connectivity index (χ3v) is 4.71. The first-order valence-electron chi connectivity index (χ1n) is 6.46. The van der Waals surface area contributed by atoms with Crippen LogP contribution in [0.1, 0.15) is 0 Å². The van der Waals surface area contributed by atoms with Gasteiger partial charge in [-0.05, 0) is 36.4 Å². The summed E-state index contributed by atoms with van der Waals surface area (Å²) in [4.78, 5) is 11.5. The van der Waals surface area contributed by atoms with E-state index >= 15 is 0 Å². The molecule has 0 bridgehead atoms. The number of ether oxygens (including phenoxy) is 1. The number of hydrogen-bond acceptors (Lipinski definition) is 5. The van der Waals surface area contributed by atoms with Gasteiger partial charge in [0.2, 0.25) is 15.7 Å². The minimum atomic E-state index is -3.70. The summed E-state index contributed by atoms with van der Waals surface area (Å²) < 4.78 is 30.3. The van der Waals surface area contributed by atoms with Gasteiger partial charge in [0, 0.05) is 5.69 Å². The van der Waals surface area contributed by atoms with Crippen LogP contribution in [0.3, 0.4) is 0 Å². The Kier molecular flexibility index (Phi) is 4.79. The monoisotopic (exact) mass is 320 g/mol. The summed E-state index contributed by atoms with van der Waals surface area (Å²) >= 11 is 0. The average Bonchev–Trinajstić information content (AvgIpc) is 2.55. The number of carbonyl (C=O) groups excluding carboxylic acids is 1. The van der Waals surface area contributed by atoms with Gasteiger partial charge < -0.3 is 15.8 Å². The number of amides is 1. The van der Waals surface area contributed by atoms with Crippen LogP contribution in [0.4, 0.5) is 5.69 Å². The molecular weight excluding hydrogens is 304 g/mol. The third-order valence-electron chi connectivity index (χ3n) is 2.96. The van der Waals surface area contributed by atoms with Gasteiger partial charge in [0.05, 0.1) is 23.4 Å². The molecule has 0 saturated heterocycles. The van der Waals surface area contributed by atoms with Crippen LogP contribution in [0.25, 0.3) is 0 Å². The van der Waals surface area contributed by atoms with E-state index in [1.807, 2.05) is 0 Å². The minimum absolute atomic E-state index is 0.0792. The molecule has 2 aromatic carbocycles. The molecule has 7 heteroatoms. The Bertz CT molecular complexity index is 788. The second-order valence-electron chi connectivity index (χ2n) is 4.46. The summed E-state index contributed by atoms with van der Waals surface area (Å²) in [7, 11) is -2.23. The van der Waals surface area contributed by atoms with Gasteiger partial charge in [-0.2, -0.15) is 0 Å². The molecule has 0 saturated carbocycles. The summed E-state index contributed by atoms with van der Waals surface area (Å²) in [6.45, 7) is -0.174. The Labute approximate surface area is 128 Å². The molecule has 0 aromatic heterocycles. The van der Waals surface area contributed by atoms with Crippen molar-refractivity contribution in [3.05, 3.63) is 48.5 Å². The van der Waals surface area contributed by atoms with Gasteiger partial charge in [-0.3, -0.25) is 4.79 Å². The van der Waals surface area contributed by atoms with Crippen LogP contribution in [0.2, 0.25) is 0 Å². The van der Waals surface area contributed by atoms with Crippen LogP contribution in [0, 0.1) is 0 Å². The van der Waals surface area contributed by atoms with Crippen molar-refractivity contribution in [3.63, 3.8) is 0 Å². The zero-order chi connectivity index (χ0) is 16.2. The Balaban J connectivity index is 2.41. The molecule has 1 amide bonds. The second-order valence-corrected chi connectivity index (χ2v) is 6.41. The van der Waals surface area contributed by atoms with Crippen molar-refractivity contribution < 1.29 is 17.9 Å². The van der Waals surface area contributed by atoms with Gasteiger partial charge >= 0.3 is 0 Å².